The molecule has 2 N–H and O–H groups in total. The molecule has 1 aliphatic rings. The van der Waals surface area contributed by atoms with Gasteiger partial charge in [-0.15, -0.1) is 0 Å². The molecule has 0 bridgehead atoms. The van der Waals surface area contributed by atoms with Gasteiger partial charge in [0.25, 0.3) is 0 Å². The maximum absolute atomic E-state index is 5.92. The van der Waals surface area contributed by atoms with Gasteiger partial charge in [-0.25, -0.2) is 0 Å². The Morgan fingerprint density at radius 2 is 2.24 bits per heavy atom. The first-order chi connectivity index (χ1) is 9.98. The molecule has 2 rings (SSSR count). The van der Waals surface area contributed by atoms with Crippen LogP contribution < -0.4 is 10.5 Å². The van der Waals surface area contributed by atoms with E-state index in [4.69, 9.17) is 15.2 Å². The van der Waals surface area contributed by atoms with E-state index in [1.807, 2.05) is 24.3 Å². The number of benzene rings is 1. The van der Waals surface area contributed by atoms with E-state index < -0.39 is 0 Å². The van der Waals surface area contributed by atoms with E-state index in [9.17, 15) is 0 Å². The van der Waals surface area contributed by atoms with Crippen molar-refractivity contribution in [2.24, 2.45) is 5.73 Å². The van der Waals surface area contributed by atoms with Crippen molar-refractivity contribution in [2.45, 2.75) is 45.4 Å². The number of nitrogens with two attached hydrogens (primary N) is 1. The highest BCUT2D eigenvalue weighted by atomic mass is 16.5. The minimum absolute atomic E-state index is 0.0476. The van der Waals surface area contributed by atoms with E-state index in [0.717, 1.165) is 44.0 Å². The minimum Gasteiger partial charge on any atom is -0.494 e. The van der Waals surface area contributed by atoms with Crippen LogP contribution >= 0.6 is 0 Å². The monoisotopic (exact) mass is 292 g/mol. The number of morpholine rings is 1. The van der Waals surface area contributed by atoms with Crippen LogP contribution in [0.15, 0.2) is 24.3 Å². The summed E-state index contributed by atoms with van der Waals surface area (Å²) in [4.78, 5) is 2.47. The Morgan fingerprint density at radius 1 is 1.43 bits per heavy atom. The molecule has 0 amide bonds. The molecule has 1 fully saturated rings. The van der Waals surface area contributed by atoms with E-state index in [1.165, 1.54) is 0 Å². The van der Waals surface area contributed by atoms with Gasteiger partial charge in [0, 0.05) is 26.2 Å². The third kappa shape index (κ3) is 5.30. The number of ether oxygens (including phenoxy) is 2. The number of nitrogens with zero attached hydrogens (tertiary/aromatic N) is 1. The summed E-state index contributed by atoms with van der Waals surface area (Å²) in [5, 5.41) is 0. The quantitative estimate of drug-likeness (QED) is 0.818. The molecule has 0 radical (unpaired) electrons. The van der Waals surface area contributed by atoms with Crippen LogP contribution in [0.4, 0.5) is 0 Å². The third-order valence-electron chi connectivity index (χ3n) is 3.66. The second-order valence-corrected chi connectivity index (χ2v) is 6.48. The van der Waals surface area contributed by atoms with Crippen LogP contribution in [0.5, 0.6) is 5.75 Å². The summed E-state index contributed by atoms with van der Waals surface area (Å²) in [5.74, 6) is 0.911. The normalized spacial score (nSPS) is 22.2. The Hall–Kier alpha value is -1.10. The van der Waals surface area contributed by atoms with Crippen LogP contribution in [-0.4, -0.2) is 42.8 Å². The van der Waals surface area contributed by atoms with Crippen molar-refractivity contribution in [1.29, 1.82) is 0 Å². The average Bonchev–Trinajstić information content (AvgIpc) is 2.42. The molecule has 1 heterocycles. The first kappa shape index (κ1) is 16.3. The van der Waals surface area contributed by atoms with Crippen molar-refractivity contribution in [3.8, 4) is 5.75 Å². The fourth-order valence-corrected chi connectivity index (χ4v) is 3.00. The predicted octanol–water partition coefficient (Wildman–Crippen LogP) is 2.41. The number of rotatable bonds is 6. The summed E-state index contributed by atoms with van der Waals surface area (Å²) in [5.41, 5.74) is 6.70. The zero-order valence-corrected chi connectivity index (χ0v) is 13.5. The Labute approximate surface area is 128 Å². The minimum atomic E-state index is -0.0476. The maximum atomic E-state index is 5.92. The Bertz CT molecular complexity index is 448. The molecular formula is C17H28N2O2. The second kappa shape index (κ2) is 7.25. The van der Waals surface area contributed by atoms with E-state index in [-0.39, 0.29) is 5.60 Å². The van der Waals surface area contributed by atoms with Crippen molar-refractivity contribution >= 4 is 0 Å². The Morgan fingerprint density at radius 3 is 2.95 bits per heavy atom. The molecule has 1 aliphatic heterocycles. The molecule has 1 unspecified atom stereocenters. The summed E-state index contributed by atoms with van der Waals surface area (Å²) in [7, 11) is 0. The van der Waals surface area contributed by atoms with Crippen LogP contribution in [0.3, 0.4) is 0 Å². The first-order valence-electron chi connectivity index (χ1n) is 7.80. The molecule has 21 heavy (non-hydrogen) atoms. The van der Waals surface area contributed by atoms with Crippen LogP contribution in [0, 0.1) is 0 Å². The smallest absolute Gasteiger partial charge is 0.119 e. The van der Waals surface area contributed by atoms with Gasteiger partial charge in [-0.05, 0) is 44.9 Å². The first-order valence-corrected chi connectivity index (χ1v) is 7.80. The van der Waals surface area contributed by atoms with Crippen LogP contribution in [-0.2, 0) is 11.3 Å². The summed E-state index contributed by atoms with van der Waals surface area (Å²) in [6.45, 7) is 10.8. The van der Waals surface area contributed by atoms with Gasteiger partial charge in [0.15, 0.2) is 0 Å². The van der Waals surface area contributed by atoms with Crippen LogP contribution in [0.2, 0.25) is 0 Å². The topological polar surface area (TPSA) is 47.7 Å². The zero-order chi connectivity index (χ0) is 15.3. The zero-order valence-electron chi connectivity index (χ0n) is 13.5. The molecule has 0 saturated carbocycles. The van der Waals surface area contributed by atoms with Crippen molar-refractivity contribution in [2.75, 3.05) is 26.2 Å². The summed E-state index contributed by atoms with van der Waals surface area (Å²) in [6, 6.07) is 8.01. The SMILES string of the molecule is CC1CN(CCCOc2cccc(CN)c2)CC(C)(C)O1. The van der Waals surface area contributed by atoms with E-state index >= 15 is 0 Å². The molecule has 4 nitrogen and oxygen atoms in total. The highest BCUT2D eigenvalue weighted by Crippen LogP contribution is 2.20. The average molecular weight is 292 g/mol. The van der Waals surface area contributed by atoms with Crippen molar-refractivity contribution in [1.82, 2.24) is 4.90 Å². The summed E-state index contributed by atoms with van der Waals surface area (Å²) >= 11 is 0. The van der Waals surface area contributed by atoms with Gasteiger partial charge < -0.3 is 15.2 Å². The molecule has 0 aliphatic carbocycles. The fourth-order valence-electron chi connectivity index (χ4n) is 3.00. The van der Waals surface area contributed by atoms with Gasteiger partial charge in [0.1, 0.15) is 5.75 Å². The highest BCUT2D eigenvalue weighted by molar-refractivity contribution is 5.28. The number of hydrogen-bond donors (Lipinski definition) is 1. The van der Waals surface area contributed by atoms with Gasteiger partial charge in [-0.2, -0.15) is 0 Å². The van der Waals surface area contributed by atoms with Gasteiger partial charge in [-0.3, -0.25) is 4.90 Å². The van der Waals surface area contributed by atoms with Crippen molar-refractivity contribution in [3.05, 3.63) is 29.8 Å². The van der Waals surface area contributed by atoms with Gasteiger partial charge >= 0.3 is 0 Å². The maximum Gasteiger partial charge on any atom is 0.119 e. The lowest BCUT2D eigenvalue weighted by Crippen LogP contribution is -2.52. The number of hydrogen-bond acceptors (Lipinski definition) is 4. The van der Waals surface area contributed by atoms with Gasteiger partial charge in [0.05, 0.1) is 18.3 Å². The summed E-state index contributed by atoms with van der Waals surface area (Å²) in [6.07, 6.45) is 1.33. The Kier molecular flexibility index (Phi) is 5.62. The van der Waals surface area contributed by atoms with Crippen molar-refractivity contribution < 1.29 is 9.47 Å². The summed E-state index contributed by atoms with van der Waals surface area (Å²) < 4.78 is 11.7. The van der Waals surface area contributed by atoms with Crippen LogP contribution in [0.1, 0.15) is 32.8 Å². The van der Waals surface area contributed by atoms with E-state index in [1.54, 1.807) is 0 Å². The molecule has 0 spiro atoms. The lowest BCUT2D eigenvalue weighted by Gasteiger charge is -2.41. The molecular weight excluding hydrogens is 264 g/mol. The highest BCUT2D eigenvalue weighted by Gasteiger charge is 2.30. The van der Waals surface area contributed by atoms with E-state index in [0.29, 0.717) is 12.6 Å². The van der Waals surface area contributed by atoms with Gasteiger partial charge in [0.2, 0.25) is 0 Å². The third-order valence-corrected chi connectivity index (χ3v) is 3.66. The largest absolute Gasteiger partial charge is 0.494 e. The van der Waals surface area contributed by atoms with Crippen molar-refractivity contribution in [3.63, 3.8) is 0 Å². The Balaban J connectivity index is 1.72. The second-order valence-electron chi connectivity index (χ2n) is 6.48. The molecule has 1 atom stereocenters. The standard InChI is InChI=1S/C17H28N2O2/c1-14-12-19(13-17(2,3)21-14)8-5-9-20-16-7-4-6-15(10-16)11-18/h4,6-7,10,14H,5,8-9,11-13,18H2,1-3H3. The fraction of sp³-hybridized carbons (Fsp3) is 0.647. The molecule has 1 aromatic carbocycles. The molecule has 1 aromatic rings. The van der Waals surface area contributed by atoms with Crippen LogP contribution in [0.25, 0.3) is 0 Å². The van der Waals surface area contributed by atoms with E-state index in [2.05, 4.69) is 25.7 Å². The molecule has 118 valence electrons. The molecule has 1 saturated heterocycles. The molecule has 4 heteroatoms. The lowest BCUT2D eigenvalue weighted by atomic mass is 10.1. The molecule has 0 aromatic heterocycles. The predicted molar refractivity (Wildman–Crippen MR) is 85.5 cm³/mol. The van der Waals surface area contributed by atoms with Gasteiger partial charge in [-0.1, -0.05) is 12.1 Å². The lowest BCUT2D eigenvalue weighted by molar-refractivity contribution is -0.129.